The molecule has 3 rings (SSSR count). The number of hydrogen-bond acceptors (Lipinski definition) is 6. The summed E-state index contributed by atoms with van der Waals surface area (Å²) in [6, 6.07) is 9.47. The number of rotatable bonds is 7. The minimum Gasteiger partial charge on any atom is -0.491 e. The van der Waals surface area contributed by atoms with Crippen LogP contribution in [0.15, 0.2) is 59.8 Å². The number of aromatic nitrogens is 2. The number of halogens is 4. The van der Waals surface area contributed by atoms with Crippen LogP contribution in [-0.2, 0) is 16.2 Å². The van der Waals surface area contributed by atoms with E-state index in [0.29, 0.717) is 18.1 Å². The lowest BCUT2D eigenvalue weighted by atomic mass is 10.0. The summed E-state index contributed by atoms with van der Waals surface area (Å²) >= 11 is 5.96. The molecule has 0 fully saturated rings. The molecule has 0 amide bonds. The van der Waals surface area contributed by atoms with Gasteiger partial charge in [-0.1, -0.05) is 11.6 Å². The molecule has 0 spiro atoms. The van der Waals surface area contributed by atoms with E-state index in [1.54, 1.807) is 0 Å². The Kier molecular flexibility index (Phi) is 6.94. The van der Waals surface area contributed by atoms with Crippen molar-refractivity contribution in [2.45, 2.75) is 31.0 Å². The molecule has 33 heavy (non-hydrogen) atoms. The highest BCUT2D eigenvalue weighted by Gasteiger charge is 2.34. The second-order valence-electron chi connectivity index (χ2n) is 7.06. The Morgan fingerprint density at radius 1 is 1.06 bits per heavy atom. The molecule has 0 saturated carbocycles. The van der Waals surface area contributed by atoms with Crippen LogP contribution in [0.25, 0.3) is 0 Å². The summed E-state index contributed by atoms with van der Waals surface area (Å²) in [5.74, 6) is -1.74. The number of alkyl halides is 3. The summed E-state index contributed by atoms with van der Waals surface area (Å²) in [5.41, 5.74) is -0.582. The molecule has 2 aromatic carbocycles. The van der Waals surface area contributed by atoms with Crippen molar-refractivity contribution < 1.29 is 31.1 Å². The van der Waals surface area contributed by atoms with Crippen LogP contribution in [0, 0.1) is 0 Å². The maximum Gasteiger partial charge on any atom is 0.451 e. The zero-order valence-corrected chi connectivity index (χ0v) is 18.8. The van der Waals surface area contributed by atoms with E-state index < -0.39 is 27.8 Å². The van der Waals surface area contributed by atoms with Crippen LogP contribution in [0.1, 0.15) is 35.6 Å². The van der Waals surface area contributed by atoms with E-state index in [1.807, 2.05) is 13.8 Å². The number of carbonyl (C=O) groups is 1. The smallest absolute Gasteiger partial charge is 0.451 e. The average Bonchev–Trinajstić information content (AvgIpc) is 2.74. The maximum absolute atomic E-state index is 12.9. The highest BCUT2D eigenvalue weighted by molar-refractivity contribution is 7.92. The van der Waals surface area contributed by atoms with Crippen molar-refractivity contribution in [2.75, 3.05) is 4.72 Å². The largest absolute Gasteiger partial charge is 0.491 e. The molecule has 0 aliphatic rings. The topological polar surface area (TPSA) is 98.2 Å². The Labute approximate surface area is 192 Å². The quantitative estimate of drug-likeness (QED) is 0.461. The molecule has 1 heterocycles. The molecule has 0 unspecified atom stereocenters. The fourth-order valence-corrected chi connectivity index (χ4v) is 3.97. The van der Waals surface area contributed by atoms with E-state index in [-0.39, 0.29) is 32.8 Å². The number of carbonyl (C=O) groups excluding carboxylic acids is 1. The number of hydrogen-bond donors (Lipinski definition) is 1. The summed E-state index contributed by atoms with van der Waals surface area (Å²) in [5, 5.41) is 0.115. The van der Waals surface area contributed by atoms with Crippen molar-refractivity contribution in [3.8, 4) is 5.75 Å². The van der Waals surface area contributed by atoms with Gasteiger partial charge in [-0.2, -0.15) is 13.2 Å². The second-order valence-corrected chi connectivity index (χ2v) is 9.17. The van der Waals surface area contributed by atoms with Crippen LogP contribution in [0.5, 0.6) is 5.75 Å². The molecule has 0 saturated heterocycles. The summed E-state index contributed by atoms with van der Waals surface area (Å²) in [6.07, 6.45) is -3.44. The average molecular weight is 500 g/mol. The summed E-state index contributed by atoms with van der Waals surface area (Å²) in [7, 11) is -4.12. The van der Waals surface area contributed by atoms with E-state index in [1.165, 1.54) is 42.5 Å². The predicted octanol–water partition coefficient (Wildman–Crippen LogP) is 4.97. The number of benzene rings is 2. The van der Waals surface area contributed by atoms with Crippen LogP contribution < -0.4 is 9.46 Å². The van der Waals surface area contributed by atoms with Gasteiger partial charge in [0.25, 0.3) is 10.0 Å². The zero-order chi connectivity index (χ0) is 24.4. The molecule has 3 aromatic rings. The van der Waals surface area contributed by atoms with Crippen LogP contribution in [0.3, 0.4) is 0 Å². The van der Waals surface area contributed by atoms with Crippen molar-refractivity contribution in [2.24, 2.45) is 0 Å². The summed E-state index contributed by atoms with van der Waals surface area (Å²) < 4.78 is 71.5. The molecule has 0 aliphatic carbocycles. The van der Waals surface area contributed by atoms with Crippen LogP contribution >= 0.6 is 11.6 Å². The number of nitrogens with one attached hydrogen (secondary N) is 1. The van der Waals surface area contributed by atoms with Crippen molar-refractivity contribution in [1.29, 1.82) is 0 Å². The molecular weight excluding hydrogens is 483 g/mol. The molecule has 0 atom stereocenters. The van der Waals surface area contributed by atoms with Gasteiger partial charge in [0.15, 0.2) is 5.78 Å². The number of nitrogens with zero attached hydrogens (tertiary/aromatic N) is 2. The first-order valence-corrected chi connectivity index (χ1v) is 11.3. The zero-order valence-electron chi connectivity index (χ0n) is 17.2. The number of ketones is 1. The van der Waals surface area contributed by atoms with Gasteiger partial charge < -0.3 is 4.74 Å². The molecule has 1 aromatic heterocycles. The monoisotopic (exact) mass is 499 g/mol. The number of anilines is 1. The molecule has 0 aliphatic heterocycles. The van der Waals surface area contributed by atoms with E-state index in [0.717, 1.165) is 0 Å². The van der Waals surface area contributed by atoms with Crippen molar-refractivity contribution >= 4 is 33.1 Å². The molecule has 174 valence electrons. The highest BCUT2D eigenvalue weighted by atomic mass is 35.5. The SMILES string of the molecule is CC(C)Oc1ccc(S(=O)(=O)Nc2ccc(Cl)cc2C(=O)c2cnc(C(F)(F)F)nc2)cc1. The lowest BCUT2D eigenvalue weighted by Crippen LogP contribution is -2.17. The first-order valence-electron chi connectivity index (χ1n) is 9.40. The highest BCUT2D eigenvalue weighted by Crippen LogP contribution is 2.28. The summed E-state index contributed by atoms with van der Waals surface area (Å²) in [4.78, 5) is 19.1. The summed E-state index contributed by atoms with van der Waals surface area (Å²) in [6.45, 7) is 3.65. The Morgan fingerprint density at radius 3 is 2.21 bits per heavy atom. The van der Waals surface area contributed by atoms with Crippen LogP contribution in [0.4, 0.5) is 18.9 Å². The van der Waals surface area contributed by atoms with Gasteiger partial charge in [0.05, 0.1) is 22.3 Å². The molecule has 12 heteroatoms. The van der Waals surface area contributed by atoms with Gasteiger partial charge in [0, 0.05) is 23.0 Å². The predicted molar refractivity (Wildman–Crippen MR) is 115 cm³/mol. The third kappa shape index (κ3) is 5.99. The number of ether oxygens (including phenoxy) is 1. The van der Waals surface area contributed by atoms with Crippen LogP contribution in [-0.4, -0.2) is 30.3 Å². The van der Waals surface area contributed by atoms with Gasteiger partial charge >= 0.3 is 6.18 Å². The van der Waals surface area contributed by atoms with Crippen molar-refractivity contribution in [3.63, 3.8) is 0 Å². The van der Waals surface area contributed by atoms with Gasteiger partial charge in [0.1, 0.15) is 5.75 Å². The van der Waals surface area contributed by atoms with Crippen molar-refractivity contribution in [3.05, 3.63) is 76.8 Å². The van der Waals surface area contributed by atoms with Gasteiger partial charge in [-0.25, -0.2) is 18.4 Å². The minimum atomic E-state index is -4.77. The third-order valence-electron chi connectivity index (χ3n) is 4.14. The lowest BCUT2D eigenvalue weighted by molar-refractivity contribution is -0.145. The maximum atomic E-state index is 12.9. The Balaban J connectivity index is 1.91. The van der Waals surface area contributed by atoms with Gasteiger partial charge in [-0.05, 0) is 56.3 Å². The third-order valence-corrected chi connectivity index (χ3v) is 5.76. The fraction of sp³-hybridized carbons (Fsp3) is 0.190. The normalized spacial score (nSPS) is 12.0. The van der Waals surface area contributed by atoms with Gasteiger partial charge in [0.2, 0.25) is 5.82 Å². The Hall–Kier alpha value is -3.18. The van der Waals surface area contributed by atoms with Crippen molar-refractivity contribution in [1.82, 2.24) is 9.97 Å². The second kappa shape index (κ2) is 9.36. The molecule has 0 bridgehead atoms. The van der Waals surface area contributed by atoms with Gasteiger partial charge in [-0.15, -0.1) is 0 Å². The Morgan fingerprint density at radius 2 is 1.67 bits per heavy atom. The lowest BCUT2D eigenvalue weighted by Gasteiger charge is -2.14. The van der Waals surface area contributed by atoms with E-state index in [9.17, 15) is 26.4 Å². The molecule has 1 N–H and O–H groups in total. The number of sulfonamides is 1. The van der Waals surface area contributed by atoms with E-state index in [2.05, 4.69) is 14.7 Å². The van der Waals surface area contributed by atoms with Gasteiger partial charge in [-0.3, -0.25) is 9.52 Å². The first kappa shape index (κ1) is 24.5. The van der Waals surface area contributed by atoms with E-state index >= 15 is 0 Å². The molecular formula is C21H17ClF3N3O4S. The van der Waals surface area contributed by atoms with Crippen LogP contribution in [0.2, 0.25) is 5.02 Å². The Bertz CT molecular complexity index is 1260. The fourth-order valence-electron chi connectivity index (χ4n) is 2.71. The molecule has 0 radical (unpaired) electrons. The standard InChI is InChI=1S/C21H17ClF3N3O4S/c1-12(2)32-15-4-6-16(7-5-15)33(30,31)28-18-8-3-14(22)9-17(18)19(29)13-10-26-20(27-11-13)21(23,24)25/h3-12,28H,1-2H3. The molecule has 7 nitrogen and oxygen atoms in total. The first-order chi connectivity index (χ1) is 15.4. The van der Waals surface area contributed by atoms with E-state index in [4.69, 9.17) is 16.3 Å². The minimum absolute atomic E-state index is 0.0928.